The van der Waals surface area contributed by atoms with Crippen molar-refractivity contribution in [3.05, 3.63) is 48.0 Å². The summed E-state index contributed by atoms with van der Waals surface area (Å²) in [5, 5.41) is 2.75. The Hall–Kier alpha value is -2.92. The van der Waals surface area contributed by atoms with Gasteiger partial charge in [-0.05, 0) is 38.8 Å². The van der Waals surface area contributed by atoms with Crippen LogP contribution in [0, 0.1) is 0 Å². The smallest absolute Gasteiger partial charge is 0.407 e. The molecule has 1 rings (SSSR count). The van der Waals surface area contributed by atoms with Gasteiger partial charge in [0.05, 0.1) is 11.1 Å². The van der Waals surface area contributed by atoms with E-state index in [2.05, 4.69) is 16.9 Å². The van der Waals surface area contributed by atoms with Crippen molar-refractivity contribution in [1.29, 1.82) is 0 Å². The molecule has 0 aliphatic carbocycles. The van der Waals surface area contributed by atoms with Gasteiger partial charge in [-0.25, -0.2) is 14.4 Å². The molecule has 0 spiro atoms. The predicted molar refractivity (Wildman–Crippen MR) is 96.3 cm³/mol. The van der Waals surface area contributed by atoms with Crippen molar-refractivity contribution in [3.63, 3.8) is 0 Å². The summed E-state index contributed by atoms with van der Waals surface area (Å²) in [6.45, 7) is 10.5. The normalized spacial score (nSPS) is 11.1. The first-order valence-electron chi connectivity index (χ1n) is 8.06. The molecule has 0 bridgehead atoms. The van der Waals surface area contributed by atoms with E-state index in [0.717, 1.165) is 17.2 Å². The molecule has 0 heterocycles. The van der Waals surface area contributed by atoms with E-state index in [1.165, 1.54) is 0 Å². The number of benzene rings is 1. The maximum absolute atomic E-state index is 11.9. The van der Waals surface area contributed by atoms with Gasteiger partial charge in [0.1, 0.15) is 13.2 Å². The number of alkyl carbamates (subject to hydrolysis) is 1. The molecule has 1 N–H and O–H groups in total. The van der Waals surface area contributed by atoms with Crippen LogP contribution in [-0.4, -0.2) is 31.4 Å². The Morgan fingerprint density at radius 1 is 1.12 bits per heavy atom. The first-order valence-corrected chi connectivity index (χ1v) is 8.06. The molecule has 0 radical (unpaired) electrons. The Labute approximate surface area is 153 Å². The maximum Gasteiger partial charge on any atom is 0.407 e. The molecule has 0 aromatic heterocycles. The summed E-state index contributed by atoms with van der Waals surface area (Å²) in [6.07, 6.45) is 1.99. The molecule has 1 aromatic rings. The van der Waals surface area contributed by atoms with Crippen molar-refractivity contribution in [2.24, 2.45) is 4.99 Å². The highest BCUT2D eigenvalue weighted by atomic mass is 16.6. The molecule has 7 nitrogen and oxygen atoms in total. The van der Waals surface area contributed by atoms with Gasteiger partial charge in [-0.1, -0.05) is 30.8 Å². The van der Waals surface area contributed by atoms with Crippen molar-refractivity contribution in [1.82, 2.24) is 5.32 Å². The molecule has 0 fully saturated rings. The van der Waals surface area contributed by atoms with E-state index in [4.69, 9.17) is 9.47 Å². The quantitative estimate of drug-likeness (QED) is 0.253. The van der Waals surface area contributed by atoms with E-state index in [1.54, 1.807) is 6.08 Å². The minimum absolute atomic E-state index is 0.0419. The van der Waals surface area contributed by atoms with E-state index < -0.39 is 23.1 Å². The maximum atomic E-state index is 11.9. The molecule has 1 amide bonds. The number of amides is 1. The summed E-state index contributed by atoms with van der Waals surface area (Å²) in [5.41, 5.74) is 0.347. The molecule has 0 atom stereocenters. The number of carbonyl (C=O) groups excluding carboxylic acids is 3. The summed E-state index contributed by atoms with van der Waals surface area (Å²) >= 11 is 0. The molecule has 26 heavy (non-hydrogen) atoms. The molecule has 1 aromatic carbocycles. The summed E-state index contributed by atoms with van der Waals surface area (Å²) in [7, 11) is 0. The Balaban J connectivity index is 2.66. The zero-order chi connectivity index (χ0) is 19.8. The Morgan fingerprint density at radius 3 is 2.19 bits per heavy atom. The Kier molecular flexibility index (Phi) is 7.28. The number of aliphatic imine (C=N–C) groups is 1. The van der Waals surface area contributed by atoms with E-state index >= 15 is 0 Å². The topological polar surface area (TPSA) is 94.1 Å². The summed E-state index contributed by atoms with van der Waals surface area (Å²) < 4.78 is 9.71. The lowest BCUT2D eigenvalue weighted by Gasteiger charge is -2.27. The lowest BCUT2D eigenvalue weighted by molar-refractivity contribution is -0.138. The second-order valence-corrected chi connectivity index (χ2v) is 6.60. The van der Waals surface area contributed by atoms with Crippen molar-refractivity contribution in [2.75, 3.05) is 13.2 Å². The van der Waals surface area contributed by atoms with Gasteiger partial charge >= 0.3 is 12.1 Å². The summed E-state index contributed by atoms with van der Waals surface area (Å²) in [5.74, 6) is -0.573. The third kappa shape index (κ3) is 6.18. The Morgan fingerprint density at radius 2 is 1.65 bits per heavy atom. The van der Waals surface area contributed by atoms with Crippen LogP contribution >= 0.6 is 0 Å². The highest BCUT2D eigenvalue weighted by Crippen LogP contribution is 2.27. The molecule has 0 aliphatic heterocycles. The van der Waals surface area contributed by atoms with Crippen LogP contribution in [0.4, 0.5) is 4.79 Å². The zero-order valence-electron chi connectivity index (χ0n) is 15.5. The first kappa shape index (κ1) is 21.1. The second kappa shape index (κ2) is 8.97. The van der Waals surface area contributed by atoms with Crippen LogP contribution in [-0.2, 0) is 30.1 Å². The van der Waals surface area contributed by atoms with Crippen LogP contribution in [0.15, 0.2) is 41.9 Å². The summed E-state index contributed by atoms with van der Waals surface area (Å²) in [6, 6.07) is 7.40. The predicted octanol–water partition coefficient (Wildman–Crippen LogP) is 2.95. The number of nitrogens with zero attached hydrogens (tertiary/aromatic N) is 1. The highest BCUT2D eigenvalue weighted by Gasteiger charge is 2.25. The van der Waals surface area contributed by atoms with E-state index in [-0.39, 0.29) is 13.2 Å². The third-order valence-corrected chi connectivity index (χ3v) is 3.78. The average molecular weight is 360 g/mol. The molecule has 0 saturated carbocycles. The molecule has 0 saturated heterocycles. The number of ether oxygens (including phenoxy) is 2. The van der Waals surface area contributed by atoms with Crippen LogP contribution in [0.2, 0.25) is 0 Å². The van der Waals surface area contributed by atoms with Gasteiger partial charge in [-0.2, -0.15) is 4.99 Å². The minimum atomic E-state index is -0.689. The molecule has 7 heteroatoms. The van der Waals surface area contributed by atoms with Gasteiger partial charge in [0.2, 0.25) is 6.08 Å². The van der Waals surface area contributed by atoms with Gasteiger partial charge in [-0.15, -0.1) is 0 Å². The minimum Gasteiger partial charge on any atom is -0.459 e. The first-order chi connectivity index (χ1) is 12.1. The molecule has 140 valence electrons. The summed E-state index contributed by atoms with van der Waals surface area (Å²) in [4.78, 5) is 37.1. The number of nitrogens with one attached hydrogen (secondary N) is 1. The van der Waals surface area contributed by atoms with Gasteiger partial charge < -0.3 is 14.8 Å². The molecule has 0 unspecified atom stereocenters. The second-order valence-electron chi connectivity index (χ2n) is 6.60. The number of hydrogen-bond donors (Lipinski definition) is 1. The fourth-order valence-corrected chi connectivity index (χ4v) is 2.17. The average Bonchev–Trinajstić information content (AvgIpc) is 2.58. The zero-order valence-corrected chi connectivity index (χ0v) is 15.5. The fourth-order valence-electron chi connectivity index (χ4n) is 2.17. The Bertz CT molecular complexity index is 701. The van der Waals surface area contributed by atoms with Crippen LogP contribution in [0.5, 0.6) is 0 Å². The van der Waals surface area contributed by atoms with Crippen molar-refractivity contribution in [2.45, 2.75) is 38.8 Å². The van der Waals surface area contributed by atoms with Crippen molar-refractivity contribution in [3.8, 4) is 0 Å². The van der Waals surface area contributed by atoms with Crippen molar-refractivity contribution >= 4 is 18.1 Å². The van der Waals surface area contributed by atoms with Crippen LogP contribution in [0.25, 0.3) is 0 Å². The van der Waals surface area contributed by atoms with Gasteiger partial charge in [0.25, 0.3) is 0 Å². The monoisotopic (exact) mass is 360 g/mol. The van der Waals surface area contributed by atoms with Gasteiger partial charge in [-0.3, -0.25) is 0 Å². The molecular weight excluding hydrogens is 336 g/mol. The number of rotatable bonds is 8. The standard InChI is InChI=1S/C19H24N2O5/c1-6-16(23)25-11-12-26-17(24)21-19(4,5)15-9-7-14(8-10-15)18(2,3)20-13-22/h6-10H,1,11-12H2,2-5H3,(H,21,24). The fraction of sp³-hybridized carbons (Fsp3) is 0.421. The number of hydrogen-bond acceptors (Lipinski definition) is 6. The SMILES string of the molecule is C=CC(=O)OCCOC(=O)NC(C)(C)c1ccc(C(C)(C)N=C=O)cc1. The number of carbonyl (C=O) groups is 2. The van der Waals surface area contributed by atoms with E-state index in [1.807, 2.05) is 52.0 Å². The molecular formula is C19H24N2O5. The van der Waals surface area contributed by atoms with Crippen LogP contribution in [0.3, 0.4) is 0 Å². The van der Waals surface area contributed by atoms with E-state index in [0.29, 0.717) is 0 Å². The highest BCUT2D eigenvalue weighted by molar-refractivity contribution is 5.81. The lowest BCUT2D eigenvalue weighted by atomic mass is 9.89. The van der Waals surface area contributed by atoms with Gasteiger partial charge in [0, 0.05) is 6.08 Å². The van der Waals surface area contributed by atoms with Crippen LogP contribution in [0.1, 0.15) is 38.8 Å². The third-order valence-electron chi connectivity index (χ3n) is 3.78. The van der Waals surface area contributed by atoms with Crippen LogP contribution < -0.4 is 5.32 Å². The lowest BCUT2D eigenvalue weighted by Crippen LogP contribution is -2.41. The van der Waals surface area contributed by atoms with Gasteiger partial charge in [0.15, 0.2) is 0 Å². The molecule has 0 aliphatic rings. The number of esters is 1. The van der Waals surface area contributed by atoms with E-state index in [9.17, 15) is 14.4 Å². The van der Waals surface area contributed by atoms with Crippen molar-refractivity contribution < 1.29 is 23.9 Å². The number of isocyanates is 1. The largest absolute Gasteiger partial charge is 0.459 e.